The quantitative estimate of drug-likeness (QED) is 0.482. The van der Waals surface area contributed by atoms with Gasteiger partial charge in [0.15, 0.2) is 0 Å². The molecule has 3 rings (SSSR count). The fourth-order valence-electron chi connectivity index (χ4n) is 2.71. The Labute approximate surface area is 162 Å². The molecule has 0 atom stereocenters. The summed E-state index contributed by atoms with van der Waals surface area (Å²) >= 11 is 0. The summed E-state index contributed by atoms with van der Waals surface area (Å²) in [6, 6.07) is 9.01. The van der Waals surface area contributed by atoms with E-state index >= 15 is 0 Å². The fourth-order valence-corrected chi connectivity index (χ4v) is 3.86. The van der Waals surface area contributed by atoms with E-state index in [1.165, 1.54) is 18.3 Å². The number of anilines is 3. The predicted molar refractivity (Wildman–Crippen MR) is 106 cm³/mol. The number of benzene rings is 2. The fraction of sp³-hybridized carbons (Fsp3) is 0.167. The van der Waals surface area contributed by atoms with Crippen LogP contribution in [0.2, 0.25) is 0 Å². The van der Waals surface area contributed by atoms with Crippen LogP contribution in [0.4, 0.5) is 22.7 Å². The van der Waals surface area contributed by atoms with Crippen LogP contribution in [0.3, 0.4) is 0 Å². The van der Waals surface area contributed by atoms with Crippen LogP contribution in [0, 0.1) is 24.0 Å². The maximum atomic E-state index is 12.7. The lowest BCUT2D eigenvalue weighted by molar-refractivity contribution is -0.384. The van der Waals surface area contributed by atoms with Gasteiger partial charge in [0.05, 0.1) is 27.4 Å². The summed E-state index contributed by atoms with van der Waals surface area (Å²) in [7, 11) is -2.27. The van der Waals surface area contributed by atoms with E-state index in [2.05, 4.69) is 15.1 Å². The topological polar surface area (TPSA) is 119 Å². The van der Waals surface area contributed by atoms with Crippen LogP contribution < -0.4 is 10.0 Å². The number of rotatable bonds is 6. The zero-order valence-electron chi connectivity index (χ0n) is 15.5. The Hall–Kier alpha value is -3.40. The smallest absolute Gasteiger partial charge is 0.294 e. The van der Waals surface area contributed by atoms with Gasteiger partial charge in [0.2, 0.25) is 0 Å². The number of hydrogen-bond donors (Lipinski definition) is 2. The minimum absolute atomic E-state index is 0.170. The van der Waals surface area contributed by atoms with E-state index in [9.17, 15) is 18.5 Å². The second-order valence-electron chi connectivity index (χ2n) is 6.39. The Kier molecular flexibility index (Phi) is 5.06. The number of nitrogens with zero attached hydrogens (tertiary/aromatic N) is 3. The zero-order valence-corrected chi connectivity index (χ0v) is 16.3. The van der Waals surface area contributed by atoms with Gasteiger partial charge < -0.3 is 5.32 Å². The van der Waals surface area contributed by atoms with Gasteiger partial charge in [-0.1, -0.05) is 17.7 Å². The zero-order chi connectivity index (χ0) is 20.5. The van der Waals surface area contributed by atoms with Crippen LogP contribution in [0.1, 0.15) is 11.1 Å². The van der Waals surface area contributed by atoms with Gasteiger partial charge >= 0.3 is 0 Å². The largest absolute Gasteiger partial charge is 0.347 e. The Bertz CT molecular complexity index is 1150. The predicted octanol–water partition coefficient (Wildman–Crippen LogP) is 3.49. The first-order chi connectivity index (χ1) is 13.2. The number of nitrogens with one attached hydrogen (secondary N) is 2. The summed E-state index contributed by atoms with van der Waals surface area (Å²) in [4.78, 5) is 10.6. The van der Waals surface area contributed by atoms with Gasteiger partial charge in [-0.15, -0.1) is 0 Å². The Balaban J connectivity index is 1.95. The second kappa shape index (κ2) is 7.31. The Morgan fingerprint density at radius 2 is 1.82 bits per heavy atom. The van der Waals surface area contributed by atoms with Crippen molar-refractivity contribution in [1.29, 1.82) is 0 Å². The molecule has 146 valence electrons. The van der Waals surface area contributed by atoms with Gasteiger partial charge in [0, 0.05) is 19.3 Å². The third-order valence-electron chi connectivity index (χ3n) is 4.09. The molecule has 0 fully saturated rings. The molecule has 0 spiro atoms. The maximum absolute atomic E-state index is 12.7. The van der Waals surface area contributed by atoms with E-state index in [1.807, 2.05) is 13.0 Å². The average Bonchev–Trinajstić information content (AvgIpc) is 3.02. The van der Waals surface area contributed by atoms with Gasteiger partial charge in [-0.2, -0.15) is 5.10 Å². The highest BCUT2D eigenvalue weighted by atomic mass is 32.2. The van der Waals surface area contributed by atoms with E-state index < -0.39 is 14.9 Å². The lowest BCUT2D eigenvalue weighted by Crippen LogP contribution is -2.14. The van der Waals surface area contributed by atoms with Crippen molar-refractivity contribution < 1.29 is 13.3 Å². The molecule has 0 aliphatic heterocycles. The summed E-state index contributed by atoms with van der Waals surface area (Å²) in [6.07, 6.45) is 3.16. The molecule has 0 unspecified atom stereocenters. The SMILES string of the molecule is Cc1ccc(NS(=O)(=O)c2ccc(Nc3cnn(C)c3)c([N+](=O)[O-])c2)c(C)c1. The van der Waals surface area contributed by atoms with Gasteiger partial charge in [-0.3, -0.25) is 19.5 Å². The molecule has 0 saturated carbocycles. The van der Waals surface area contributed by atoms with Crippen molar-refractivity contribution in [3.8, 4) is 0 Å². The normalized spacial score (nSPS) is 11.2. The number of aryl methyl sites for hydroxylation is 3. The molecule has 2 N–H and O–H groups in total. The Morgan fingerprint density at radius 3 is 2.43 bits per heavy atom. The molecule has 0 bridgehead atoms. The molecular formula is C18H19N5O4S. The molecule has 0 amide bonds. The monoisotopic (exact) mass is 401 g/mol. The summed E-state index contributed by atoms with van der Waals surface area (Å²) in [5.74, 6) is 0. The van der Waals surface area contributed by atoms with Crippen molar-refractivity contribution in [2.45, 2.75) is 18.7 Å². The molecule has 2 aromatic carbocycles. The molecule has 28 heavy (non-hydrogen) atoms. The summed E-state index contributed by atoms with van der Waals surface area (Å²) in [6.45, 7) is 3.69. The van der Waals surface area contributed by atoms with Crippen molar-refractivity contribution in [1.82, 2.24) is 9.78 Å². The van der Waals surface area contributed by atoms with E-state index in [0.717, 1.165) is 17.2 Å². The van der Waals surface area contributed by atoms with Crippen molar-refractivity contribution in [3.05, 3.63) is 70.0 Å². The standard InChI is InChI=1S/C18H19N5O4S/c1-12-4-6-16(13(2)8-12)21-28(26,27)15-5-7-17(18(9-15)23(24)25)20-14-10-19-22(3)11-14/h4-11,20-21H,1-3H3. The maximum Gasteiger partial charge on any atom is 0.294 e. The lowest BCUT2D eigenvalue weighted by atomic mass is 10.1. The molecule has 0 aliphatic rings. The van der Waals surface area contributed by atoms with Gasteiger partial charge in [0.1, 0.15) is 5.69 Å². The highest BCUT2D eigenvalue weighted by Crippen LogP contribution is 2.31. The number of nitro benzene ring substituents is 1. The summed E-state index contributed by atoms with van der Waals surface area (Å²) in [5, 5.41) is 18.3. The molecular weight excluding hydrogens is 382 g/mol. The molecule has 3 aromatic rings. The van der Waals surface area contributed by atoms with Crippen molar-refractivity contribution >= 4 is 32.8 Å². The van der Waals surface area contributed by atoms with E-state index in [1.54, 1.807) is 37.0 Å². The minimum Gasteiger partial charge on any atom is -0.347 e. The van der Waals surface area contributed by atoms with Crippen LogP contribution in [0.15, 0.2) is 53.7 Å². The van der Waals surface area contributed by atoms with E-state index in [-0.39, 0.29) is 16.3 Å². The third kappa shape index (κ3) is 4.12. The number of sulfonamides is 1. The first-order valence-electron chi connectivity index (χ1n) is 8.30. The third-order valence-corrected chi connectivity index (χ3v) is 5.45. The van der Waals surface area contributed by atoms with Crippen LogP contribution >= 0.6 is 0 Å². The average molecular weight is 401 g/mol. The number of nitro groups is 1. The molecule has 0 radical (unpaired) electrons. The molecule has 9 nitrogen and oxygen atoms in total. The van der Waals surface area contributed by atoms with Gasteiger partial charge in [-0.25, -0.2) is 8.42 Å². The van der Waals surface area contributed by atoms with E-state index in [4.69, 9.17) is 0 Å². The van der Waals surface area contributed by atoms with Crippen molar-refractivity contribution in [2.24, 2.45) is 7.05 Å². The molecule has 10 heteroatoms. The molecule has 1 heterocycles. The first-order valence-corrected chi connectivity index (χ1v) is 9.78. The van der Waals surface area contributed by atoms with Crippen LogP contribution in [-0.4, -0.2) is 23.1 Å². The summed E-state index contributed by atoms with van der Waals surface area (Å²) < 4.78 is 29.5. The van der Waals surface area contributed by atoms with Crippen molar-refractivity contribution in [2.75, 3.05) is 10.0 Å². The highest BCUT2D eigenvalue weighted by molar-refractivity contribution is 7.92. The second-order valence-corrected chi connectivity index (χ2v) is 8.07. The van der Waals surface area contributed by atoms with Crippen molar-refractivity contribution in [3.63, 3.8) is 0 Å². The van der Waals surface area contributed by atoms with Crippen LogP contribution in [-0.2, 0) is 17.1 Å². The van der Waals surface area contributed by atoms with Crippen LogP contribution in [0.25, 0.3) is 0 Å². The molecule has 0 saturated heterocycles. The minimum atomic E-state index is -3.99. The van der Waals surface area contributed by atoms with Gasteiger partial charge in [0.25, 0.3) is 15.7 Å². The number of aromatic nitrogens is 2. The van der Waals surface area contributed by atoms with Crippen LogP contribution in [0.5, 0.6) is 0 Å². The molecule has 1 aromatic heterocycles. The first kappa shape index (κ1) is 19.4. The molecule has 0 aliphatic carbocycles. The number of hydrogen-bond acceptors (Lipinski definition) is 6. The van der Waals surface area contributed by atoms with E-state index in [0.29, 0.717) is 11.4 Å². The Morgan fingerprint density at radius 1 is 1.11 bits per heavy atom. The van der Waals surface area contributed by atoms with Gasteiger partial charge in [-0.05, 0) is 37.6 Å². The highest BCUT2D eigenvalue weighted by Gasteiger charge is 2.22. The summed E-state index contributed by atoms with van der Waals surface area (Å²) in [5.41, 5.74) is 2.55. The lowest BCUT2D eigenvalue weighted by Gasteiger charge is -2.12.